The molecule has 2 saturated heterocycles. The van der Waals surface area contributed by atoms with E-state index in [-0.39, 0.29) is 28.2 Å². The van der Waals surface area contributed by atoms with E-state index in [0.29, 0.717) is 29.7 Å². The normalized spacial score (nSPS) is 17.5. The molecule has 12 nitrogen and oxygen atoms in total. The van der Waals surface area contributed by atoms with Crippen LogP contribution in [0.2, 0.25) is 5.02 Å². The highest BCUT2D eigenvalue weighted by Crippen LogP contribution is 2.41. The van der Waals surface area contributed by atoms with Crippen LogP contribution in [0.4, 0.5) is 25.1 Å². The number of ether oxygens (including phenoxy) is 2. The summed E-state index contributed by atoms with van der Waals surface area (Å²) in [6, 6.07) is 14.7. The van der Waals surface area contributed by atoms with Gasteiger partial charge in [-0.3, -0.25) is 4.79 Å². The van der Waals surface area contributed by atoms with Gasteiger partial charge in [0.25, 0.3) is 12.0 Å². The van der Waals surface area contributed by atoms with Crippen molar-refractivity contribution in [2.45, 2.75) is 44.6 Å². The summed E-state index contributed by atoms with van der Waals surface area (Å²) < 4.78 is 39.1. The molecule has 3 aromatic heterocycles. The number of methoxy groups -OCH3 is 2. The highest BCUT2D eigenvalue weighted by Gasteiger charge is 2.44. The van der Waals surface area contributed by atoms with Crippen LogP contribution in [0, 0.1) is 6.92 Å². The van der Waals surface area contributed by atoms with E-state index in [4.69, 9.17) is 26.1 Å². The summed E-state index contributed by atoms with van der Waals surface area (Å²) in [5.41, 5.74) is 6.01. The molecule has 2 amide bonds. The molecule has 1 unspecified atom stereocenters. The molecule has 5 aromatic rings. The number of halogens is 3. The number of fused-ring (bicyclic) bond motifs is 2. The Labute approximate surface area is 322 Å². The van der Waals surface area contributed by atoms with Crippen molar-refractivity contribution < 1.29 is 23.0 Å². The van der Waals surface area contributed by atoms with E-state index in [1.165, 1.54) is 24.9 Å². The summed E-state index contributed by atoms with van der Waals surface area (Å²) in [5, 5.41) is 14.4. The standard InChI is InChI=1S/C31H26ClF2N5O2.C9H17N3O2/c1-16-19(21-10-5-11-22(27(21)32)24-13-17-7-4-9-20(17)30(38-24)41-3)8-6-12-23(16)36-29-26-18(14-25(37-29)28(33)34)15-35-39(2)31(26)40;1-14-5-4-12-7-9(11-8(12)13)2-3-10-6-9/h5-6,8,10-15,28H,4,7,9H2,1-3H3,(H,36,37);10H,2-7H2,1H3,(H,11,13). The molecule has 2 aromatic carbocycles. The minimum Gasteiger partial charge on any atom is -0.481 e. The van der Waals surface area contributed by atoms with Gasteiger partial charge in [-0.2, -0.15) is 5.10 Å². The minimum atomic E-state index is -2.82. The fourth-order valence-electron chi connectivity index (χ4n) is 7.61. The highest BCUT2D eigenvalue weighted by molar-refractivity contribution is 6.36. The largest absolute Gasteiger partial charge is 0.481 e. The topological polar surface area (TPSA) is 136 Å². The van der Waals surface area contributed by atoms with Gasteiger partial charge in [0.1, 0.15) is 11.5 Å². The van der Waals surface area contributed by atoms with E-state index >= 15 is 0 Å². The molecule has 5 heterocycles. The number of hydrogen-bond acceptors (Lipinski definition) is 9. The molecule has 1 atom stereocenters. The fraction of sp³-hybridized carbons (Fsp3) is 0.375. The van der Waals surface area contributed by atoms with Crippen LogP contribution in [0.3, 0.4) is 0 Å². The van der Waals surface area contributed by atoms with E-state index in [0.717, 1.165) is 83.5 Å². The SMILES string of the molecule is COCCN1CC2(CCNC2)NC1=O.COc1nc(-c2cccc(-c3cccc(Nc4nc(C(F)F)cc5cnn(C)c(=O)c45)c3C)c2Cl)cc2c1CCC2. The summed E-state index contributed by atoms with van der Waals surface area (Å²) in [6.07, 6.45) is 2.58. The van der Waals surface area contributed by atoms with Crippen molar-refractivity contribution in [2.75, 3.05) is 52.3 Å². The Kier molecular flexibility index (Phi) is 11.0. The van der Waals surface area contributed by atoms with Gasteiger partial charge in [0.15, 0.2) is 0 Å². The van der Waals surface area contributed by atoms with Gasteiger partial charge in [0, 0.05) is 61.6 Å². The van der Waals surface area contributed by atoms with Gasteiger partial charge in [0.05, 0.1) is 41.6 Å². The first-order chi connectivity index (χ1) is 26.5. The number of alkyl halides is 2. The van der Waals surface area contributed by atoms with Crippen LogP contribution < -0.4 is 26.2 Å². The Balaban J connectivity index is 0.000000278. The first-order valence-electron chi connectivity index (χ1n) is 18.2. The number of nitrogens with one attached hydrogen (secondary N) is 3. The van der Waals surface area contributed by atoms with Gasteiger partial charge < -0.3 is 30.3 Å². The van der Waals surface area contributed by atoms with Crippen molar-refractivity contribution >= 4 is 39.9 Å². The van der Waals surface area contributed by atoms with Gasteiger partial charge in [-0.1, -0.05) is 41.9 Å². The van der Waals surface area contributed by atoms with Crippen LogP contribution in [0.25, 0.3) is 33.2 Å². The second kappa shape index (κ2) is 15.9. The van der Waals surface area contributed by atoms with E-state index in [9.17, 15) is 18.4 Å². The van der Waals surface area contributed by atoms with E-state index in [2.05, 4.69) is 32.1 Å². The number of aryl methyl sites for hydroxylation is 2. The van der Waals surface area contributed by atoms with Crippen LogP contribution in [-0.4, -0.2) is 83.2 Å². The molecule has 0 bridgehead atoms. The molecular formula is C40H43ClF2N8O4. The minimum absolute atomic E-state index is 0.00910. The fourth-order valence-corrected chi connectivity index (χ4v) is 7.93. The van der Waals surface area contributed by atoms with Gasteiger partial charge in [-0.05, 0) is 74.0 Å². The molecule has 2 aliphatic heterocycles. The number of hydrogen-bond donors (Lipinski definition) is 3. The molecule has 1 aliphatic carbocycles. The number of amides is 2. The van der Waals surface area contributed by atoms with Crippen LogP contribution in [0.5, 0.6) is 5.88 Å². The van der Waals surface area contributed by atoms with Crippen LogP contribution in [-0.2, 0) is 24.6 Å². The predicted molar refractivity (Wildman–Crippen MR) is 209 cm³/mol. The Hall–Kier alpha value is -5.18. The molecule has 3 aliphatic rings. The molecule has 288 valence electrons. The summed E-state index contributed by atoms with van der Waals surface area (Å²) in [4.78, 5) is 35.2. The molecule has 8 rings (SSSR count). The number of aromatic nitrogens is 4. The molecular weight excluding hydrogens is 730 g/mol. The number of carbonyl (C=O) groups is 1. The number of pyridine rings is 2. The smallest absolute Gasteiger partial charge is 0.318 e. The zero-order chi connectivity index (χ0) is 38.9. The van der Waals surface area contributed by atoms with Crippen molar-refractivity contribution in [1.82, 2.24) is 35.3 Å². The second-order valence-corrected chi connectivity index (χ2v) is 14.4. The van der Waals surface area contributed by atoms with E-state index in [1.54, 1.807) is 20.3 Å². The average Bonchev–Trinajstić information content (AvgIpc) is 3.92. The van der Waals surface area contributed by atoms with Gasteiger partial charge in [-0.25, -0.2) is 28.2 Å². The maximum Gasteiger partial charge on any atom is 0.318 e. The van der Waals surface area contributed by atoms with Gasteiger partial charge in [0.2, 0.25) is 5.88 Å². The number of benzene rings is 2. The number of carbonyl (C=O) groups excluding carboxylic acids is 1. The van der Waals surface area contributed by atoms with Crippen molar-refractivity contribution in [3.05, 3.63) is 92.5 Å². The van der Waals surface area contributed by atoms with E-state index in [1.807, 2.05) is 42.2 Å². The number of urea groups is 1. The molecule has 1 spiro atoms. The Morgan fingerprint density at radius 3 is 2.58 bits per heavy atom. The third-order valence-corrected chi connectivity index (χ3v) is 10.9. The average molecular weight is 773 g/mol. The van der Waals surface area contributed by atoms with Crippen molar-refractivity contribution in [2.24, 2.45) is 7.05 Å². The first-order valence-corrected chi connectivity index (χ1v) is 18.5. The summed E-state index contributed by atoms with van der Waals surface area (Å²) in [6.45, 7) is 5.89. The Bertz CT molecular complexity index is 2310. The van der Waals surface area contributed by atoms with Crippen molar-refractivity contribution in [3.63, 3.8) is 0 Å². The summed E-state index contributed by atoms with van der Waals surface area (Å²) >= 11 is 7.03. The lowest BCUT2D eigenvalue weighted by atomic mass is 9.96. The second-order valence-electron chi connectivity index (χ2n) is 14.1. The molecule has 2 fully saturated rings. The first kappa shape index (κ1) is 38.1. The lowest BCUT2D eigenvalue weighted by Crippen LogP contribution is -2.45. The van der Waals surface area contributed by atoms with Crippen molar-refractivity contribution in [3.8, 4) is 28.3 Å². The summed E-state index contributed by atoms with van der Waals surface area (Å²) in [5.74, 6) is 0.668. The van der Waals surface area contributed by atoms with Crippen LogP contribution >= 0.6 is 11.6 Å². The Morgan fingerprint density at radius 2 is 1.84 bits per heavy atom. The zero-order valence-corrected chi connectivity index (χ0v) is 31.9. The Morgan fingerprint density at radius 1 is 1.05 bits per heavy atom. The number of nitrogens with zero attached hydrogens (tertiary/aromatic N) is 5. The number of rotatable bonds is 9. The quantitative estimate of drug-likeness (QED) is 0.152. The molecule has 3 N–H and O–H groups in total. The van der Waals surface area contributed by atoms with Crippen LogP contribution in [0.1, 0.15) is 41.7 Å². The third-order valence-electron chi connectivity index (χ3n) is 10.5. The van der Waals surface area contributed by atoms with E-state index < -0.39 is 17.7 Å². The highest BCUT2D eigenvalue weighted by atomic mass is 35.5. The molecule has 15 heteroatoms. The lowest BCUT2D eigenvalue weighted by Gasteiger charge is -2.21. The summed E-state index contributed by atoms with van der Waals surface area (Å²) in [7, 11) is 4.78. The van der Waals surface area contributed by atoms with Crippen molar-refractivity contribution in [1.29, 1.82) is 0 Å². The van der Waals surface area contributed by atoms with Gasteiger partial charge in [-0.15, -0.1) is 0 Å². The monoisotopic (exact) mass is 772 g/mol. The third kappa shape index (κ3) is 7.58. The molecule has 0 saturated carbocycles. The lowest BCUT2D eigenvalue weighted by molar-refractivity contribution is 0.146. The zero-order valence-electron chi connectivity index (χ0n) is 31.1. The molecule has 0 radical (unpaired) electrons. The van der Waals surface area contributed by atoms with Crippen LogP contribution in [0.15, 0.2) is 59.5 Å². The number of anilines is 2. The predicted octanol–water partition coefficient (Wildman–Crippen LogP) is 6.59. The maximum atomic E-state index is 13.7. The molecule has 55 heavy (non-hydrogen) atoms. The maximum absolute atomic E-state index is 13.7. The van der Waals surface area contributed by atoms with Gasteiger partial charge >= 0.3 is 6.03 Å².